The normalized spacial score (nSPS) is 10.8. The Balaban J connectivity index is 1.79. The first-order valence-corrected chi connectivity index (χ1v) is 6.98. The zero-order valence-corrected chi connectivity index (χ0v) is 12.4. The van der Waals surface area contributed by atoms with Crippen LogP contribution in [0.5, 0.6) is 0 Å². The third-order valence-corrected chi connectivity index (χ3v) is 3.52. The molecular weight excluding hydrogens is 280 g/mol. The molecule has 1 amide bonds. The minimum Gasteiger partial charge on any atom is -0.408 e. The number of rotatable bonds is 3. The van der Waals surface area contributed by atoms with Crippen LogP contribution in [0.2, 0.25) is 0 Å². The van der Waals surface area contributed by atoms with Crippen LogP contribution in [0.15, 0.2) is 51.7 Å². The molecule has 0 bridgehead atoms. The molecule has 0 saturated heterocycles. The van der Waals surface area contributed by atoms with E-state index in [9.17, 15) is 9.59 Å². The number of aryl methyl sites for hydroxylation is 2. The van der Waals surface area contributed by atoms with Gasteiger partial charge in [-0.05, 0) is 30.7 Å². The molecule has 0 unspecified atom stereocenters. The Morgan fingerprint density at radius 3 is 2.82 bits per heavy atom. The molecule has 0 fully saturated rings. The maximum absolute atomic E-state index is 12.1. The first kappa shape index (κ1) is 14.1. The van der Waals surface area contributed by atoms with Crippen LogP contribution < -0.4 is 11.1 Å². The minimum absolute atomic E-state index is 0.0987. The Morgan fingerprint density at radius 1 is 1.23 bits per heavy atom. The molecule has 5 nitrogen and oxygen atoms in total. The number of hydrogen-bond donors (Lipinski definition) is 1. The predicted molar refractivity (Wildman–Crippen MR) is 85.0 cm³/mol. The van der Waals surface area contributed by atoms with Crippen LogP contribution in [0.25, 0.3) is 11.1 Å². The lowest BCUT2D eigenvalue weighted by Gasteiger charge is -2.06. The Kier molecular flexibility index (Phi) is 3.55. The van der Waals surface area contributed by atoms with E-state index in [1.807, 2.05) is 31.2 Å². The van der Waals surface area contributed by atoms with Gasteiger partial charge in [-0.1, -0.05) is 29.8 Å². The average molecular weight is 296 g/mol. The van der Waals surface area contributed by atoms with Crippen molar-refractivity contribution in [3.63, 3.8) is 0 Å². The maximum atomic E-state index is 12.1. The number of benzene rings is 2. The lowest BCUT2D eigenvalue weighted by atomic mass is 10.1. The number of aromatic nitrogens is 1. The second-order valence-corrected chi connectivity index (χ2v) is 5.32. The number of nitrogens with one attached hydrogen (secondary N) is 1. The van der Waals surface area contributed by atoms with E-state index in [1.54, 1.807) is 25.2 Å². The van der Waals surface area contributed by atoms with Crippen LogP contribution in [0, 0.1) is 6.92 Å². The van der Waals surface area contributed by atoms with Gasteiger partial charge in [0.15, 0.2) is 5.58 Å². The molecule has 2 aromatic carbocycles. The fourth-order valence-electron chi connectivity index (χ4n) is 2.42. The second-order valence-electron chi connectivity index (χ2n) is 5.32. The third kappa shape index (κ3) is 2.79. The molecule has 22 heavy (non-hydrogen) atoms. The molecule has 1 N–H and O–H groups in total. The Hall–Kier alpha value is -2.82. The van der Waals surface area contributed by atoms with Crippen molar-refractivity contribution in [3.05, 3.63) is 64.1 Å². The minimum atomic E-state index is -0.418. The molecule has 0 radical (unpaired) electrons. The number of amides is 1. The summed E-state index contributed by atoms with van der Waals surface area (Å²) < 4.78 is 6.47. The summed E-state index contributed by atoms with van der Waals surface area (Å²) in [4.78, 5) is 23.6. The van der Waals surface area contributed by atoms with Gasteiger partial charge in [0.2, 0.25) is 5.91 Å². The van der Waals surface area contributed by atoms with Gasteiger partial charge >= 0.3 is 5.76 Å². The van der Waals surface area contributed by atoms with Crippen molar-refractivity contribution in [2.24, 2.45) is 7.05 Å². The van der Waals surface area contributed by atoms with Crippen LogP contribution in [0.1, 0.15) is 11.1 Å². The lowest BCUT2D eigenvalue weighted by molar-refractivity contribution is -0.115. The summed E-state index contributed by atoms with van der Waals surface area (Å²) in [6, 6.07) is 13.0. The average Bonchev–Trinajstić information content (AvgIpc) is 2.74. The zero-order chi connectivity index (χ0) is 15.7. The lowest BCUT2D eigenvalue weighted by Crippen LogP contribution is -2.14. The van der Waals surface area contributed by atoms with Gasteiger partial charge in [0, 0.05) is 12.7 Å². The zero-order valence-electron chi connectivity index (χ0n) is 12.4. The molecule has 0 aliphatic heterocycles. The molecule has 0 saturated carbocycles. The van der Waals surface area contributed by atoms with Crippen molar-refractivity contribution in [3.8, 4) is 0 Å². The largest absolute Gasteiger partial charge is 0.419 e. The van der Waals surface area contributed by atoms with Crippen molar-refractivity contribution < 1.29 is 9.21 Å². The smallest absolute Gasteiger partial charge is 0.408 e. The van der Waals surface area contributed by atoms with Gasteiger partial charge in [0.25, 0.3) is 0 Å². The van der Waals surface area contributed by atoms with Gasteiger partial charge in [-0.3, -0.25) is 9.36 Å². The number of carbonyl (C=O) groups excluding carboxylic acids is 1. The topological polar surface area (TPSA) is 64.2 Å². The van der Waals surface area contributed by atoms with E-state index in [0.717, 1.165) is 11.1 Å². The van der Waals surface area contributed by atoms with Crippen LogP contribution in [0.4, 0.5) is 5.69 Å². The van der Waals surface area contributed by atoms with Crippen LogP contribution >= 0.6 is 0 Å². The van der Waals surface area contributed by atoms with Crippen molar-refractivity contribution >= 4 is 22.7 Å². The second kappa shape index (κ2) is 5.52. The number of fused-ring (bicyclic) bond motifs is 1. The number of nitrogens with zero attached hydrogens (tertiary/aromatic N) is 1. The molecule has 3 rings (SSSR count). The molecule has 112 valence electrons. The van der Waals surface area contributed by atoms with Crippen molar-refractivity contribution in [2.75, 3.05) is 5.32 Å². The summed E-state index contributed by atoms with van der Waals surface area (Å²) >= 11 is 0. The predicted octanol–water partition coefficient (Wildman–Crippen LogP) is 2.62. The standard InChI is InChI=1S/C17H16N2O3/c1-11-4-3-5-12(8-11)9-16(20)18-13-6-7-15-14(10-13)19(2)17(21)22-15/h3-8,10H,9H2,1-2H3,(H,18,20). The van der Waals surface area contributed by atoms with E-state index in [-0.39, 0.29) is 5.91 Å². The summed E-state index contributed by atoms with van der Waals surface area (Å²) in [6.45, 7) is 1.99. The number of hydrogen-bond acceptors (Lipinski definition) is 3. The van der Waals surface area contributed by atoms with E-state index >= 15 is 0 Å². The highest BCUT2D eigenvalue weighted by Gasteiger charge is 2.09. The van der Waals surface area contributed by atoms with Gasteiger partial charge in [0.05, 0.1) is 11.9 Å². The Morgan fingerprint density at radius 2 is 2.05 bits per heavy atom. The summed E-state index contributed by atoms with van der Waals surface area (Å²) in [7, 11) is 1.63. The van der Waals surface area contributed by atoms with E-state index in [1.165, 1.54) is 4.57 Å². The summed E-state index contributed by atoms with van der Waals surface area (Å²) in [5.41, 5.74) is 3.89. The van der Waals surface area contributed by atoms with Crippen molar-refractivity contribution in [1.29, 1.82) is 0 Å². The number of anilines is 1. The molecule has 0 spiro atoms. The van der Waals surface area contributed by atoms with Gasteiger partial charge < -0.3 is 9.73 Å². The SMILES string of the molecule is Cc1cccc(CC(=O)Nc2ccc3oc(=O)n(C)c3c2)c1. The highest BCUT2D eigenvalue weighted by Crippen LogP contribution is 2.18. The molecule has 0 atom stereocenters. The monoisotopic (exact) mass is 296 g/mol. The van der Waals surface area contributed by atoms with Crippen LogP contribution in [-0.2, 0) is 18.3 Å². The van der Waals surface area contributed by atoms with Gasteiger partial charge in [-0.15, -0.1) is 0 Å². The molecule has 0 aliphatic rings. The Labute approximate surface area is 127 Å². The van der Waals surface area contributed by atoms with Gasteiger partial charge in [-0.25, -0.2) is 4.79 Å². The van der Waals surface area contributed by atoms with Crippen LogP contribution in [-0.4, -0.2) is 10.5 Å². The fourth-order valence-corrected chi connectivity index (χ4v) is 2.42. The molecule has 3 aromatic rings. The maximum Gasteiger partial charge on any atom is 0.419 e. The summed E-state index contributed by atoms with van der Waals surface area (Å²) in [5.74, 6) is -0.517. The summed E-state index contributed by atoms with van der Waals surface area (Å²) in [6.07, 6.45) is 0.310. The first-order valence-electron chi connectivity index (χ1n) is 6.98. The molecule has 5 heteroatoms. The fraction of sp³-hybridized carbons (Fsp3) is 0.176. The van der Waals surface area contributed by atoms with Gasteiger partial charge in [0.1, 0.15) is 0 Å². The Bertz CT molecular complexity index is 906. The molecular formula is C17H16N2O3. The molecule has 1 aromatic heterocycles. The number of carbonyl (C=O) groups is 1. The first-order chi connectivity index (χ1) is 10.5. The summed E-state index contributed by atoms with van der Waals surface area (Å²) in [5, 5.41) is 2.84. The molecule has 1 heterocycles. The van der Waals surface area contributed by atoms with Gasteiger partial charge in [-0.2, -0.15) is 0 Å². The number of oxazole rings is 1. The van der Waals surface area contributed by atoms with Crippen molar-refractivity contribution in [2.45, 2.75) is 13.3 Å². The van der Waals surface area contributed by atoms with E-state index < -0.39 is 5.76 Å². The van der Waals surface area contributed by atoms with Crippen molar-refractivity contribution in [1.82, 2.24) is 4.57 Å². The molecule has 0 aliphatic carbocycles. The highest BCUT2D eigenvalue weighted by molar-refractivity contribution is 5.94. The van der Waals surface area contributed by atoms with Crippen LogP contribution in [0.3, 0.4) is 0 Å². The van der Waals surface area contributed by atoms with E-state index in [0.29, 0.717) is 23.2 Å². The van der Waals surface area contributed by atoms with E-state index in [4.69, 9.17) is 4.42 Å². The quantitative estimate of drug-likeness (QED) is 0.808. The van der Waals surface area contributed by atoms with E-state index in [2.05, 4.69) is 5.32 Å². The highest BCUT2D eigenvalue weighted by atomic mass is 16.4. The third-order valence-electron chi connectivity index (χ3n) is 3.52.